The van der Waals surface area contributed by atoms with Crippen LogP contribution in [-0.2, 0) is 30.7 Å². The van der Waals surface area contributed by atoms with Crippen LogP contribution in [0.4, 0.5) is 4.79 Å². The Balaban J connectivity index is 1.49. The van der Waals surface area contributed by atoms with E-state index in [-0.39, 0.29) is 42.8 Å². The summed E-state index contributed by atoms with van der Waals surface area (Å²) in [4.78, 5) is 24.4. The molecule has 0 aliphatic heterocycles. The average molecular weight is 721 g/mol. The summed E-state index contributed by atoms with van der Waals surface area (Å²) in [6, 6.07) is 18.7. The minimum Gasteiger partial charge on any atom is -0.504 e. The van der Waals surface area contributed by atoms with Gasteiger partial charge in [-0.1, -0.05) is 42.5 Å². The Hall–Kier alpha value is -5.11. The zero-order valence-electron chi connectivity index (χ0n) is 29.1. The quantitative estimate of drug-likeness (QED) is 0.106. The fourth-order valence-electron chi connectivity index (χ4n) is 5.22. The van der Waals surface area contributed by atoms with Crippen molar-refractivity contribution in [2.45, 2.75) is 52.4 Å². The predicted molar refractivity (Wildman–Crippen MR) is 193 cm³/mol. The van der Waals surface area contributed by atoms with Gasteiger partial charge >= 0.3 is 12.1 Å². The fraction of sp³-hybridized carbons (Fsp3) is 0.316. The average Bonchev–Trinajstić information content (AvgIpc) is 3.10. The van der Waals surface area contributed by atoms with Gasteiger partial charge in [0.25, 0.3) is 0 Å². The van der Waals surface area contributed by atoms with Crippen molar-refractivity contribution in [2.75, 3.05) is 26.0 Å². The molecule has 0 fully saturated rings. The molecule has 2 atom stereocenters. The van der Waals surface area contributed by atoms with Crippen LogP contribution in [0.25, 0.3) is 6.08 Å². The summed E-state index contributed by atoms with van der Waals surface area (Å²) in [5.41, 5.74) is 3.49. The van der Waals surface area contributed by atoms with E-state index in [0.29, 0.717) is 29.7 Å². The molecule has 0 spiro atoms. The number of hydrogen-bond acceptors (Lipinski definition) is 11. The van der Waals surface area contributed by atoms with E-state index in [1.807, 2.05) is 43.5 Å². The highest BCUT2D eigenvalue weighted by Gasteiger charge is 2.29. The van der Waals surface area contributed by atoms with Crippen LogP contribution < -0.4 is 24.8 Å². The van der Waals surface area contributed by atoms with Crippen molar-refractivity contribution in [3.05, 3.63) is 112 Å². The largest absolute Gasteiger partial charge is 0.504 e. The van der Waals surface area contributed by atoms with Gasteiger partial charge in [-0.05, 0) is 85.9 Å². The number of carbonyl (C=O) groups is 2. The van der Waals surface area contributed by atoms with E-state index in [9.17, 15) is 23.1 Å². The highest BCUT2D eigenvalue weighted by atomic mass is 32.2. The van der Waals surface area contributed by atoms with Gasteiger partial charge in [-0.25, -0.2) is 13.2 Å². The highest BCUT2D eigenvalue weighted by molar-refractivity contribution is 7.94. The summed E-state index contributed by atoms with van der Waals surface area (Å²) in [5.74, 6) is -1.00. The second kappa shape index (κ2) is 18.8. The lowest BCUT2D eigenvalue weighted by molar-refractivity contribution is -0.132. The molecule has 2 unspecified atom stereocenters. The maximum absolute atomic E-state index is 13.4. The lowest BCUT2D eigenvalue weighted by atomic mass is 10.0. The number of carbonyl (C=O) groups excluding carboxylic acids is 2. The minimum absolute atomic E-state index is 0.0108. The molecule has 1 aliphatic carbocycles. The Morgan fingerprint density at radius 2 is 1.59 bits per heavy atom. The van der Waals surface area contributed by atoms with Gasteiger partial charge in [0.1, 0.15) is 18.8 Å². The van der Waals surface area contributed by atoms with Crippen LogP contribution in [0.5, 0.6) is 23.0 Å². The lowest BCUT2D eigenvalue weighted by Gasteiger charge is -2.27. The van der Waals surface area contributed by atoms with Crippen molar-refractivity contribution < 1.29 is 46.8 Å². The molecule has 0 radical (unpaired) electrons. The molecule has 3 N–H and O–H groups in total. The zero-order chi connectivity index (χ0) is 36.8. The number of ether oxygens (including phenoxy) is 5. The molecule has 3 aromatic rings. The number of phenols is 1. The maximum Gasteiger partial charge on any atom is 0.416 e. The summed E-state index contributed by atoms with van der Waals surface area (Å²) in [6.07, 6.45) is 3.70. The normalized spacial score (nSPS) is 14.2. The third-order valence-corrected chi connectivity index (χ3v) is 8.98. The second-order valence-electron chi connectivity index (χ2n) is 11.5. The first-order chi connectivity index (χ1) is 24.5. The summed E-state index contributed by atoms with van der Waals surface area (Å²) in [5, 5.41) is 17.5. The number of sulfone groups is 1. The third kappa shape index (κ3) is 12.0. The van der Waals surface area contributed by atoms with Crippen LogP contribution in [0, 0.1) is 0 Å². The van der Waals surface area contributed by atoms with Crippen molar-refractivity contribution in [3.63, 3.8) is 0 Å². The molecule has 12 nitrogen and oxygen atoms in total. The van der Waals surface area contributed by atoms with Gasteiger partial charge in [0.2, 0.25) is 0 Å². The summed E-state index contributed by atoms with van der Waals surface area (Å²) < 4.78 is 55.2. The van der Waals surface area contributed by atoms with E-state index in [0.717, 1.165) is 16.7 Å². The van der Waals surface area contributed by atoms with Gasteiger partial charge < -0.3 is 34.1 Å². The molecule has 13 heteroatoms. The SMILES string of the molecule is CCOC(CS(=O)(=O)/C=C/c1ccc(OC(C)=O)c(OC(=O)NC2=CC=C(NC)CC2)c1)C(OCC)c1ccc(OCc2ccccc2)c(O)c1. The Morgan fingerprint density at radius 3 is 2.24 bits per heavy atom. The highest BCUT2D eigenvalue weighted by Crippen LogP contribution is 2.34. The number of esters is 1. The molecule has 0 bridgehead atoms. The molecule has 272 valence electrons. The van der Waals surface area contributed by atoms with Crippen molar-refractivity contribution >= 4 is 28.0 Å². The number of amides is 1. The molecule has 0 saturated carbocycles. The maximum atomic E-state index is 13.4. The first-order valence-electron chi connectivity index (χ1n) is 16.5. The fourth-order valence-corrected chi connectivity index (χ4v) is 6.43. The van der Waals surface area contributed by atoms with Gasteiger partial charge in [0.15, 0.2) is 32.8 Å². The van der Waals surface area contributed by atoms with Crippen molar-refractivity contribution in [1.29, 1.82) is 0 Å². The molecular weight excluding hydrogens is 676 g/mol. The van der Waals surface area contributed by atoms with E-state index in [1.165, 1.54) is 37.3 Å². The van der Waals surface area contributed by atoms with E-state index < -0.39 is 39.9 Å². The van der Waals surface area contributed by atoms with Gasteiger partial charge in [0.05, 0.1) is 5.75 Å². The molecule has 3 aromatic carbocycles. The minimum atomic E-state index is -3.92. The lowest BCUT2D eigenvalue weighted by Crippen LogP contribution is -2.31. The van der Waals surface area contributed by atoms with Crippen molar-refractivity contribution in [1.82, 2.24) is 10.6 Å². The molecule has 51 heavy (non-hydrogen) atoms. The third-order valence-electron chi connectivity index (χ3n) is 7.63. The number of allylic oxidation sites excluding steroid dienone is 4. The van der Waals surface area contributed by atoms with E-state index >= 15 is 0 Å². The number of hydrogen-bond donors (Lipinski definition) is 3. The first-order valence-corrected chi connectivity index (χ1v) is 18.2. The number of rotatable bonds is 17. The predicted octanol–water partition coefficient (Wildman–Crippen LogP) is 6.33. The van der Waals surface area contributed by atoms with E-state index in [2.05, 4.69) is 10.6 Å². The first kappa shape index (κ1) is 38.7. The number of phenolic OH excluding ortho intramolecular Hbond substituents is 1. The molecule has 4 rings (SSSR count). The van der Waals surface area contributed by atoms with Gasteiger partial charge in [-0.3, -0.25) is 10.1 Å². The van der Waals surface area contributed by atoms with Crippen molar-refractivity contribution in [2.24, 2.45) is 0 Å². The molecule has 0 aromatic heterocycles. The van der Waals surface area contributed by atoms with Gasteiger partial charge in [0, 0.05) is 44.0 Å². The zero-order valence-corrected chi connectivity index (χ0v) is 29.9. The topological polar surface area (TPSA) is 159 Å². The number of benzene rings is 3. The molecule has 0 heterocycles. The van der Waals surface area contributed by atoms with E-state index in [4.69, 9.17) is 23.7 Å². The Labute approximate surface area is 298 Å². The summed E-state index contributed by atoms with van der Waals surface area (Å²) in [6.45, 7) is 5.47. The van der Waals surface area contributed by atoms with Crippen LogP contribution in [0.3, 0.4) is 0 Å². The Morgan fingerprint density at radius 1 is 0.882 bits per heavy atom. The molecular formula is C38H44N2O10S. The van der Waals surface area contributed by atoms with Gasteiger partial charge in [-0.2, -0.15) is 0 Å². The van der Waals surface area contributed by atoms with Crippen LogP contribution >= 0.6 is 0 Å². The Bertz CT molecular complexity index is 1860. The van der Waals surface area contributed by atoms with Crippen LogP contribution in [0.2, 0.25) is 0 Å². The molecule has 1 aliphatic rings. The number of aromatic hydroxyl groups is 1. The smallest absolute Gasteiger partial charge is 0.416 e. The van der Waals surface area contributed by atoms with Gasteiger partial charge in [-0.15, -0.1) is 0 Å². The standard InChI is InChI=1S/C38H44N2O10S/c1-5-46-36(37(47-6-2)29-13-19-33(32(42)23-29)48-24-28-10-8-7-9-11-28)25-51(44,45)21-20-27-12-18-34(49-26(3)41)35(22-27)50-38(43)40-31-16-14-30(39-4)15-17-31/h7-14,16,18-23,36-37,39,42H,5-6,15,17,24-25H2,1-4H3,(H,40,43)/b21-20+. The monoisotopic (exact) mass is 720 g/mol. The van der Waals surface area contributed by atoms with Crippen LogP contribution in [0.15, 0.2) is 95.7 Å². The van der Waals surface area contributed by atoms with Crippen molar-refractivity contribution in [3.8, 4) is 23.0 Å². The second-order valence-corrected chi connectivity index (χ2v) is 13.4. The summed E-state index contributed by atoms with van der Waals surface area (Å²) >= 11 is 0. The van der Waals surface area contributed by atoms with E-state index in [1.54, 1.807) is 32.1 Å². The summed E-state index contributed by atoms with van der Waals surface area (Å²) in [7, 11) is -2.10. The molecule has 1 amide bonds. The van der Waals surface area contributed by atoms with Crippen LogP contribution in [0.1, 0.15) is 56.4 Å². The number of nitrogens with one attached hydrogen (secondary N) is 2. The Kier molecular flexibility index (Phi) is 14.2. The molecule has 0 saturated heterocycles. The van der Waals surface area contributed by atoms with Crippen LogP contribution in [-0.4, -0.2) is 57.7 Å².